The molecule has 1 amide bonds. The molecule has 10 nitrogen and oxygen atoms in total. The van der Waals surface area contributed by atoms with Crippen LogP contribution in [0.15, 0.2) is 18.2 Å². The molecule has 0 aliphatic carbocycles. The molecule has 0 aliphatic rings. The Kier molecular flexibility index (Phi) is 11.3. The van der Waals surface area contributed by atoms with Gasteiger partial charge in [0.15, 0.2) is 17.2 Å². The number of alkyl halides is 3. The number of nitrogens with one attached hydrogen (secondary N) is 2. The molecule has 0 saturated carbocycles. The zero-order valence-electron chi connectivity index (χ0n) is 20.4. The number of nitrogens with zero attached hydrogens (tertiary/aromatic N) is 4. The second kappa shape index (κ2) is 13.4. The fourth-order valence-electron chi connectivity index (χ4n) is 3.13. The molecule has 37 heavy (non-hydrogen) atoms. The normalized spacial score (nSPS) is 11.8. The van der Waals surface area contributed by atoms with Gasteiger partial charge in [-0.05, 0) is 51.7 Å². The molecular weight excluding hydrogens is 491 g/mol. The Morgan fingerprint density at radius 1 is 1.24 bits per heavy atom. The van der Waals surface area contributed by atoms with Crippen LogP contribution in [0.25, 0.3) is 0 Å². The molecule has 2 aromatic rings. The molecule has 2 rings (SSSR count). The van der Waals surface area contributed by atoms with Crippen LogP contribution in [0, 0.1) is 11.3 Å². The van der Waals surface area contributed by atoms with E-state index in [9.17, 15) is 28.0 Å². The van der Waals surface area contributed by atoms with Crippen LogP contribution >= 0.6 is 0 Å². The number of hydrogen-bond donors (Lipinski definition) is 3. The summed E-state index contributed by atoms with van der Waals surface area (Å²) in [5.41, 5.74) is 4.36. The van der Waals surface area contributed by atoms with Gasteiger partial charge < -0.3 is 26.0 Å². The van der Waals surface area contributed by atoms with Gasteiger partial charge in [-0.15, -0.1) is 0 Å². The maximum Gasteiger partial charge on any atom is 0.416 e. The highest BCUT2D eigenvalue weighted by molar-refractivity contribution is 5.95. The molecule has 1 heterocycles. The van der Waals surface area contributed by atoms with Crippen LogP contribution in [0.5, 0.6) is 5.88 Å². The summed E-state index contributed by atoms with van der Waals surface area (Å²) in [4.78, 5) is 34.9. The van der Waals surface area contributed by atoms with E-state index in [-0.39, 0.29) is 54.9 Å². The zero-order chi connectivity index (χ0) is 27.0. The summed E-state index contributed by atoms with van der Waals surface area (Å²) in [6.45, 7) is 4.10. The third-order valence-electron chi connectivity index (χ3n) is 4.93. The molecule has 0 aliphatic heterocycles. The van der Waals surface area contributed by atoms with E-state index in [4.69, 9.17) is 10.5 Å². The number of ketones is 1. The summed E-state index contributed by atoms with van der Waals surface area (Å²) in [6.07, 6.45) is -5.12. The number of amides is 1. The number of ether oxygens (including phenoxy) is 1. The number of nitrogen functional groups attached to an aromatic ring is 1. The summed E-state index contributed by atoms with van der Waals surface area (Å²) >= 11 is 0. The summed E-state index contributed by atoms with van der Waals surface area (Å²) in [5, 5.41) is 14.8. The van der Waals surface area contributed by atoms with Crippen molar-refractivity contribution in [3.05, 3.63) is 40.5 Å². The maximum absolute atomic E-state index is 13.5. The van der Waals surface area contributed by atoms with Crippen molar-refractivity contribution in [3.63, 3.8) is 0 Å². The van der Waals surface area contributed by atoms with Crippen LogP contribution < -0.4 is 21.1 Å². The van der Waals surface area contributed by atoms with Gasteiger partial charge in [0.05, 0.1) is 18.2 Å². The van der Waals surface area contributed by atoms with Crippen LogP contribution in [-0.2, 0) is 17.4 Å². The van der Waals surface area contributed by atoms with Gasteiger partial charge in [0, 0.05) is 25.1 Å². The molecule has 1 aromatic carbocycles. The number of nitriles is 1. The fourth-order valence-corrected chi connectivity index (χ4v) is 3.13. The smallest absolute Gasteiger partial charge is 0.416 e. The average molecular weight is 524 g/mol. The highest BCUT2D eigenvalue weighted by Crippen LogP contribution is 2.31. The Morgan fingerprint density at radius 3 is 2.49 bits per heavy atom. The fraction of sp³-hybridized carbons (Fsp3) is 0.458. The van der Waals surface area contributed by atoms with Gasteiger partial charge in [-0.2, -0.15) is 28.4 Å². The highest BCUT2D eigenvalue weighted by Gasteiger charge is 2.32. The van der Waals surface area contributed by atoms with Crippen molar-refractivity contribution in [2.45, 2.75) is 39.9 Å². The molecule has 0 bridgehead atoms. The number of Topliss-reactive ketones (excluding diaryl/α,β-unsaturated/α-hetero) is 1. The van der Waals surface area contributed by atoms with Crippen molar-refractivity contribution in [2.75, 3.05) is 44.8 Å². The van der Waals surface area contributed by atoms with Crippen molar-refractivity contribution < 1.29 is 27.5 Å². The molecule has 1 aromatic heterocycles. The Hall–Kier alpha value is -3.92. The standard InChI is InChI=1S/C23H28F3N7O3.CH4/c1-5-36-21-17(12-27)19(31-22(28)32-21)30-13(2)18(34)10-14-8-15(11-16(9-14)23(24,25)26)20(35)29-6-7-33(3)4;/h8-9,11,13H,5-7,10H2,1-4H3,(H,29,35)(H3,28,30,31,32);1H4/t13-;/m0./s1. The van der Waals surface area contributed by atoms with Gasteiger partial charge in [-0.3, -0.25) is 9.59 Å². The van der Waals surface area contributed by atoms with E-state index in [2.05, 4.69) is 20.6 Å². The van der Waals surface area contributed by atoms with Gasteiger partial charge in [-0.1, -0.05) is 7.43 Å². The summed E-state index contributed by atoms with van der Waals surface area (Å²) in [6, 6.07) is 3.75. The van der Waals surface area contributed by atoms with E-state index in [1.54, 1.807) is 21.0 Å². The lowest BCUT2D eigenvalue weighted by molar-refractivity contribution is -0.137. The average Bonchev–Trinajstić information content (AvgIpc) is 2.78. The Bertz CT molecular complexity index is 1150. The van der Waals surface area contributed by atoms with Crippen molar-refractivity contribution in [1.82, 2.24) is 20.2 Å². The Labute approximate surface area is 214 Å². The number of benzene rings is 1. The number of halogens is 3. The van der Waals surface area contributed by atoms with Gasteiger partial charge in [-0.25, -0.2) is 0 Å². The molecular formula is C24H32F3N7O3. The highest BCUT2D eigenvalue weighted by atomic mass is 19.4. The third-order valence-corrected chi connectivity index (χ3v) is 4.93. The third kappa shape index (κ3) is 8.91. The minimum atomic E-state index is -4.71. The minimum absolute atomic E-state index is 0. The van der Waals surface area contributed by atoms with Crippen LogP contribution in [0.1, 0.15) is 48.3 Å². The summed E-state index contributed by atoms with van der Waals surface area (Å²) in [7, 11) is 3.59. The van der Waals surface area contributed by atoms with Crippen LogP contribution in [0.3, 0.4) is 0 Å². The molecule has 0 fully saturated rings. The zero-order valence-corrected chi connectivity index (χ0v) is 20.4. The first-order valence-corrected chi connectivity index (χ1v) is 11.0. The van der Waals surface area contributed by atoms with Crippen molar-refractivity contribution in [1.29, 1.82) is 5.26 Å². The second-order valence-electron chi connectivity index (χ2n) is 8.14. The number of nitrogens with two attached hydrogens (primary N) is 1. The lowest BCUT2D eigenvalue weighted by atomic mass is 9.99. The first-order chi connectivity index (χ1) is 16.8. The largest absolute Gasteiger partial charge is 0.477 e. The van der Waals surface area contributed by atoms with Crippen molar-refractivity contribution >= 4 is 23.5 Å². The Morgan fingerprint density at radius 2 is 1.92 bits per heavy atom. The summed E-state index contributed by atoms with van der Waals surface area (Å²) < 4.78 is 45.7. The Balaban J connectivity index is 0.00000684. The summed E-state index contributed by atoms with van der Waals surface area (Å²) in [5.74, 6) is -1.48. The second-order valence-corrected chi connectivity index (χ2v) is 8.14. The van der Waals surface area contributed by atoms with E-state index in [1.165, 1.54) is 13.0 Å². The topological polar surface area (TPSA) is 146 Å². The molecule has 202 valence electrons. The lowest BCUT2D eigenvalue weighted by Gasteiger charge is -2.17. The number of anilines is 2. The van der Waals surface area contributed by atoms with Crippen molar-refractivity contribution in [2.24, 2.45) is 0 Å². The first-order valence-electron chi connectivity index (χ1n) is 11.0. The quantitative estimate of drug-likeness (QED) is 0.405. The van der Waals surface area contributed by atoms with E-state index in [0.29, 0.717) is 6.54 Å². The molecule has 0 spiro atoms. The van der Waals surface area contributed by atoms with Gasteiger partial charge >= 0.3 is 6.18 Å². The number of carbonyl (C=O) groups excluding carboxylic acids is 2. The maximum atomic E-state index is 13.5. The van der Waals surface area contributed by atoms with Crippen LogP contribution in [-0.4, -0.2) is 66.4 Å². The van der Waals surface area contributed by atoms with Crippen LogP contribution in [0.2, 0.25) is 0 Å². The predicted molar refractivity (Wildman–Crippen MR) is 133 cm³/mol. The molecule has 4 N–H and O–H groups in total. The van der Waals surface area contributed by atoms with Crippen molar-refractivity contribution in [3.8, 4) is 11.9 Å². The van der Waals surface area contributed by atoms with Gasteiger partial charge in [0.2, 0.25) is 11.8 Å². The van der Waals surface area contributed by atoms with E-state index in [1.807, 2.05) is 11.0 Å². The lowest BCUT2D eigenvalue weighted by Crippen LogP contribution is -2.32. The molecule has 13 heteroatoms. The van der Waals surface area contributed by atoms with Gasteiger partial charge in [0.1, 0.15) is 6.07 Å². The number of carbonyl (C=O) groups is 2. The molecule has 0 unspecified atom stereocenters. The van der Waals surface area contributed by atoms with E-state index in [0.717, 1.165) is 12.1 Å². The number of rotatable bonds is 11. The first kappa shape index (κ1) is 31.1. The van der Waals surface area contributed by atoms with E-state index < -0.39 is 35.9 Å². The van der Waals surface area contributed by atoms with Crippen LogP contribution in [0.4, 0.5) is 24.9 Å². The number of likely N-dealkylation sites (N-methyl/N-ethyl adjacent to an activating group) is 1. The molecule has 1 atom stereocenters. The SMILES string of the molecule is C.CCOc1nc(N)nc(N[C@@H](C)C(=O)Cc2cc(C(=O)NCCN(C)C)cc(C(F)(F)F)c2)c1C#N. The predicted octanol–water partition coefficient (Wildman–Crippen LogP) is 2.89. The molecule has 0 saturated heterocycles. The number of hydrogen-bond acceptors (Lipinski definition) is 9. The van der Waals surface area contributed by atoms with E-state index >= 15 is 0 Å². The van der Waals surface area contributed by atoms with Gasteiger partial charge in [0.25, 0.3) is 5.91 Å². The molecule has 0 radical (unpaired) electrons. The minimum Gasteiger partial charge on any atom is -0.477 e. The number of aromatic nitrogens is 2. The monoisotopic (exact) mass is 523 g/mol.